The second-order valence-electron chi connectivity index (χ2n) is 8.08. The summed E-state index contributed by atoms with van der Waals surface area (Å²) in [6, 6.07) is 7.63. The monoisotopic (exact) mass is 425 g/mol. The summed E-state index contributed by atoms with van der Waals surface area (Å²) in [5.41, 5.74) is 2.23. The zero-order valence-corrected chi connectivity index (χ0v) is 18.5. The van der Waals surface area contributed by atoms with E-state index in [9.17, 15) is 14.4 Å². The van der Waals surface area contributed by atoms with Gasteiger partial charge in [0.25, 0.3) is 5.56 Å². The number of likely N-dealkylation sites (tertiary alicyclic amines) is 1. The van der Waals surface area contributed by atoms with Crippen molar-refractivity contribution in [3.8, 4) is 5.69 Å². The van der Waals surface area contributed by atoms with Crippen LogP contribution in [0.5, 0.6) is 0 Å². The largest absolute Gasteiger partial charge is 0.338 e. The summed E-state index contributed by atoms with van der Waals surface area (Å²) >= 11 is 1.30. The van der Waals surface area contributed by atoms with Gasteiger partial charge in [-0.2, -0.15) is 0 Å². The van der Waals surface area contributed by atoms with E-state index in [-0.39, 0.29) is 24.1 Å². The van der Waals surface area contributed by atoms with E-state index in [1.807, 2.05) is 30.9 Å². The molecule has 4 rings (SSSR count). The summed E-state index contributed by atoms with van der Waals surface area (Å²) in [6.07, 6.45) is 4.05. The molecule has 0 bridgehead atoms. The first-order chi connectivity index (χ1) is 14.4. The average molecular weight is 426 g/mol. The van der Waals surface area contributed by atoms with Crippen LogP contribution in [0.3, 0.4) is 0 Å². The highest BCUT2D eigenvalue weighted by Gasteiger charge is 2.27. The smallest absolute Gasteiger partial charge is 0.336 e. The molecule has 0 saturated carbocycles. The van der Waals surface area contributed by atoms with Crippen LogP contribution in [-0.2, 0) is 11.3 Å². The fourth-order valence-corrected chi connectivity index (χ4v) is 5.31. The lowest BCUT2D eigenvalue weighted by atomic mass is 10.00. The topological polar surface area (TPSA) is 64.3 Å². The van der Waals surface area contributed by atoms with Gasteiger partial charge in [0.1, 0.15) is 11.2 Å². The van der Waals surface area contributed by atoms with Gasteiger partial charge in [0.15, 0.2) is 0 Å². The van der Waals surface area contributed by atoms with Crippen molar-refractivity contribution in [2.24, 2.45) is 0 Å². The third-order valence-electron chi connectivity index (χ3n) is 6.06. The molecule has 158 valence electrons. The van der Waals surface area contributed by atoms with Crippen molar-refractivity contribution in [3.05, 3.63) is 61.6 Å². The summed E-state index contributed by atoms with van der Waals surface area (Å²) in [7, 11) is 0. The maximum Gasteiger partial charge on any atom is 0.336 e. The Labute approximate surface area is 179 Å². The van der Waals surface area contributed by atoms with Crippen molar-refractivity contribution >= 4 is 27.5 Å². The van der Waals surface area contributed by atoms with E-state index in [0.717, 1.165) is 43.4 Å². The minimum absolute atomic E-state index is 0.0479. The highest BCUT2D eigenvalue weighted by Crippen LogP contribution is 2.22. The van der Waals surface area contributed by atoms with Crippen LogP contribution in [0, 0.1) is 13.8 Å². The standard InChI is InChI=1S/C23H27N3O3S/c1-4-17-7-5-6-11-24(17)20(27)14-25-19-10-12-30-21(19)22(28)26(23(25)29)18-9-8-15(2)13-16(18)3/h8-10,12-13,17H,4-7,11,14H2,1-3H3/t17-/m0/s1. The van der Waals surface area contributed by atoms with Crippen LogP contribution in [0.2, 0.25) is 0 Å². The number of carbonyl (C=O) groups is 1. The van der Waals surface area contributed by atoms with Gasteiger partial charge < -0.3 is 4.90 Å². The number of rotatable bonds is 4. The summed E-state index contributed by atoms with van der Waals surface area (Å²) < 4.78 is 3.18. The van der Waals surface area contributed by atoms with Gasteiger partial charge in [0.05, 0.1) is 11.2 Å². The molecular formula is C23H27N3O3S. The molecule has 0 aliphatic carbocycles. The number of thiophene rings is 1. The number of nitrogens with zero attached hydrogens (tertiary/aromatic N) is 3. The number of fused-ring (bicyclic) bond motifs is 1. The highest BCUT2D eigenvalue weighted by atomic mass is 32.1. The van der Waals surface area contributed by atoms with Gasteiger partial charge in [-0.05, 0) is 62.6 Å². The van der Waals surface area contributed by atoms with Crippen molar-refractivity contribution in [2.45, 2.75) is 59.0 Å². The van der Waals surface area contributed by atoms with Crippen molar-refractivity contribution in [3.63, 3.8) is 0 Å². The molecule has 0 radical (unpaired) electrons. The molecule has 1 saturated heterocycles. The Hall–Kier alpha value is -2.67. The molecule has 0 unspecified atom stereocenters. The summed E-state index contributed by atoms with van der Waals surface area (Å²) in [5.74, 6) is -0.0537. The van der Waals surface area contributed by atoms with Crippen LogP contribution in [0.25, 0.3) is 15.9 Å². The van der Waals surface area contributed by atoms with Gasteiger partial charge in [0, 0.05) is 12.6 Å². The van der Waals surface area contributed by atoms with Crippen LogP contribution >= 0.6 is 11.3 Å². The zero-order valence-electron chi connectivity index (χ0n) is 17.7. The number of aromatic nitrogens is 2. The Morgan fingerprint density at radius 1 is 1.17 bits per heavy atom. The number of aryl methyl sites for hydroxylation is 2. The third-order valence-corrected chi connectivity index (χ3v) is 6.95. The van der Waals surface area contributed by atoms with E-state index in [2.05, 4.69) is 6.92 Å². The Bertz CT molecular complexity index is 1220. The molecule has 7 heteroatoms. The van der Waals surface area contributed by atoms with Gasteiger partial charge in [0.2, 0.25) is 5.91 Å². The molecule has 1 amide bonds. The number of benzene rings is 1. The predicted molar refractivity (Wildman–Crippen MR) is 121 cm³/mol. The molecule has 3 aromatic rings. The average Bonchev–Trinajstić information content (AvgIpc) is 3.22. The maximum absolute atomic E-state index is 13.5. The minimum atomic E-state index is -0.462. The summed E-state index contributed by atoms with van der Waals surface area (Å²) in [6.45, 7) is 6.65. The maximum atomic E-state index is 13.5. The van der Waals surface area contributed by atoms with E-state index < -0.39 is 5.69 Å². The number of hydrogen-bond donors (Lipinski definition) is 0. The van der Waals surface area contributed by atoms with Crippen molar-refractivity contribution in [2.75, 3.05) is 6.54 Å². The first-order valence-corrected chi connectivity index (χ1v) is 11.4. The molecule has 1 atom stereocenters. The molecule has 30 heavy (non-hydrogen) atoms. The van der Waals surface area contributed by atoms with Crippen molar-refractivity contribution in [1.29, 1.82) is 0 Å². The van der Waals surface area contributed by atoms with Gasteiger partial charge in [-0.25, -0.2) is 9.36 Å². The number of carbonyl (C=O) groups excluding carboxylic acids is 1. The molecule has 1 aliphatic heterocycles. The molecule has 0 N–H and O–H groups in total. The van der Waals surface area contributed by atoms with Crippen LogP contribution in [-0.4, -0.2) is 32.5 Å². The molecule has 6 nitrogen and oxygen atoms in total. The molecule has 1 aromatic carbocycles. The van der Waals surface area contributed by atoms with E-state index in [1.165, 1.54) is 20.5 Å². The lowest BCUT2D eigenvalue weighted by Gasteiger charge is -2.35. The molecule has 1 aliphatic rings. The number of hydrogen-bond acceptors (Lipinski definition) is 4. The van der Waals surface area contributed by atoms with E-state index >= 15 is 0 Å². The molecule has 1 fully saturated rings. The van der Waals surface area contributed by atoms with E-state index in [1.54, 1.807) is 17.5 Å². The van der Waals surface area contributed by atoms with Gasteiger partial charge in [-0.1, -0.05) is 24.6 Å². The quantitative estimate of drug-likeness (QED) is 0.641. The Balaban J connectivity index is 1.84. The molecule has 2 aromatic heterocycles. The SMILES string of the molecule is CC[C@H]1CCCCN1C(=O)Cn1c(=O)n(-c2ccc(C)cc2C)c(=O)c2sccc21. The Kier molecular flexibility index (Phi) is 5.64. The molecular weight excluding hydrogens is 398 g/mol. The summed E-state index contributed by atoms with van der Waals surface area (Å²) in [5, 5.41) is 1.80. The lowest BCUT2D eigenvalue weighted by molar-refractivity contribution is -0.135. The van der Waals surface area contributed by atoms with Crippen LogP contribution in [0.1, 0.15) is 43.7 Å². The summed E-state index contributed by atoms with van der Waals surface area (Å²) in [4.78, 5) is 41.7. The predicted octanol–water partition coefficient (Wildman–Crippen LogP) is 3.62. The van der Waals surface area contributed by atoms with E-state index in [0.29, 0.717) is 15.9 Å². The van der Waals surface area contributed by atoms with Gasteiger partial charge >= 0.3 is 5.69 Å². The zero-order chi connectivity index (χ0) is 21.4. The van der Waals surface area contributed by atoms with Crippen LogP contribution < -0.4 is 11.2 Å². The van der Waals surface area contributed by atoms with Crippen molar-refractivity contribution < 1.29 is 4.79 Å². The van der Waals surface area contributed by atoms with Gasteiger partial charge in [-0.3, -0.25) is 14.2 Å². The highest BCUT2D eigenvalue weighted by molar-refractivity contribution is 7.17. The normalized spacial score (nSPS) is 16.9. The second kappa shape index (κ2) is 8.22. The lowest BCUT2D eigenvalue weighted by Crippen LogP contribution is -2.47. The van der Waals surface area contributed by atoms with Crippen LogP contribution in [0.15, 0.2) is 39.2 Å². The van der Waals surface area contributed by atoms with Crippen LogP contribution in [0.4, 0.5) is 0 Å². The third kappa shape index (κ3) is 3.51. The van der Waals surface area contributed by atoms with Gasteiger partial charge in [-0.15, -0.1) is 11.3 Å². The first-order valence-electron chi connectivity index (χ1n) is 10.5. The molecule has 3 heterocycles. The Morgan fingerprint density at radius 2 is 1.97 bits per heavy atom. The number of amides is 1. The fraction of sp³-hybridized carbons (Fsp3) is 0.435. The first kappa shape index (κ1) is 20.6. The molecule has 0 spiro atoms. The number of piperidine rings is 1. The minimum Gasteiger partial charge on any atom is -0.338 e. The van der Waals surface area contributed by atoms with E-state index in [4.69, 9.17) is 0 Å². The fourth-order valence-electron chi connectivity index (χ4n) is 4.49. The second-order valence-corrected chi connectivity index (χ2v) is 9.00. The van der Waals surface area contributed by atoms with Crippen molar-refractivity contribution in [1.82, 2.24) is 14.0 Å². The Morgan fingerprint density at radius 3 is 2.70 bits per heavy atom.